The average Bonchev–Trinajstić information content (AvgIpc) is 2.40. The summed E-state index contributed by atoms with van der Waals surface area (Å²) in [4.78, 5) is 25.3. The molecule has 1 atom stereocenters. The second-order valence-electron chi connectivity index (χ2n) is 5.15. The minimum Gasteiger partial charge on any atom is -0.345 e. The Labute approximate surface area is 120 Å². The minimum atomic E-state index is -0.137. The van der Waals surface area contributed by atoms with Crippen LogP contribution in [0.4, 0.5) is 5.69 Å². The second-order valence-corrected chi connectivity index (χ2v) is 5.15. The highest BCUT2D eigenvalue weighted by Gasteiger charge is 2.13. The number of nitrogens with two attached hydrogens (primary N) is 1. The molecule has 1 unspecified atom stereocenters. The Hall–Kier alpha value is -1.88. The number of amides is 2. The quantitative estimate of drug-likeness (QED) is 0.861. The van der Waals surface area contributed by atoms with Crippen LogP contribution in [0.15, 0.2) is 18.2 Å². The molecule has 0 aliphatic rings. The summed E-state index contributed by atoms with van der Waals surface area (Å²) in [6, 6.07) is 5.14. The molecular weight excluding hydrogens is 254 g/mol. The highest BCUT2D eigenvalue weighted by molar-refractivity contribution is 5.97. The second kappa shape index (κ2) is 7.05. The number of nitrogens with one attached hydrogen (secondary N) is 1. The Kier molecular flexibility index (Phi) is 5.70. The molecule has 0 heterocycles. The zero-order valence-corrected chi connectivity index (χ0v) is 12.6. The van der Waals surface area contributed by atoms with Crippen LogP contribution in [0.2, 0.25) is 0 Å². The smallest absolute Gasteiger partial charge is 0.253 e. The fourth-order valence-electron chi connectivity index (χ4n) is 1.73. The van der Waals surface area contributed by atoms with E-state index in [1.807, 2.05) is 19.9 Å². The molecule has 1 rings (SSSR count). The fraction of sp³-hybridized carbons (Fsp3) is 0.467. The van der Waals surface area contributed by atoms with Gasteiger partial charge in [0.2, 0.25) is 5.91 Å². The molecule has 0 bridgehead atoms. The summed E-state index contributed by atoms with van der Waals surface area (Å²) in [7, 11) is 3.39. The Balaban J connectivity index is 2.87. The van der Waals surface area contributed by atoms with E-state index in [4.69, 9.17) is 5.73 Å². The van der Waals surface area contributed by atoms with Crippen LogP contribution < -0.4 is 11.1 Å². The number of benzene rings is 1. The molecule has 0 aromatic heterocycles. The maximum absolute atomic E-state index is 11.9. The molecular formula is C15H23N3O2. The van der Waals surface area contributed by atoms with Crippen LogP contribution in [0.5, 0.6) is 0 Å². The molecule has 5 heteroatoms. The van der Waals surface area contributed by atoms with Gasteiger partial charge in [-0.2, -0.15) is 0 Å². The lowest BCUT2D eigenvalue weighted by molar-refractivity contribution is -0.116. The van der Waals surface area contributed by atoms with Crippen LogP contribution in [0, 0.1) is 6.92 Å². The van der Waals surface area contributed by atoms with Gasteiger partial charge >= 0.3 is 0 Å². The lowest BCUT2D eigenvalue weighted by atomic mass is 10.1. The van der Waals surface area contributed by atoms with E-state index in [0.717, 1.165) is 12.0 Å². The predicted molar refractivity (Wildman–Crippen MR) is 80.7 cm³/mol. The monoisotopic (exact) mass is 277 g/mol. The van der Waals surface area contributed by atoms with Crippen LogP contribution in [0.3, 0.4) is 0 Å². The Morgan fingerprint density at radius 2 is 2.00 bits per heavy atom. The van der Waals surface area contributed by atoms with E-state index < -0.39 is 0 Å². The van der Waals surface area contributed by atoms with Gasteiger partial charge in [-0.3, -0.25) is 9.59 Å². The van der Waals surface area contributed by atoms with Gasteiger partial charge in [0.25, 0.3) is 5.91 Å². The number of hydrogen-bond acceptors (Lipinski definition) is 3. The van der Waals surface area contributed by atoms with Gasteiger partial charge in [-0.1, -0.05) is 13.0 Å². The van der Waals surface area contributed by atoms with Crippen molar-refractivity contribution in [3.05, 3.63) is 29.3 Å². The standard InChI is InChI=1S/C15H23N3O2/c1-5-12(16)9-14(19)17-13-8-11(7-6-10(13)2)15(20)18(3)4/h6-8,12H,5,9,16H2,1-4H3,(H,17,19). The van der Waals surface area contributed by atoms with Crippen molar-refractivity contribution in [1.29, 1.82) is 0 Å². The summed E-state index contributed by atoms with van der Waals surface area (Å²) in [6.45, 7) is 3.83. The van der Waals surface area contributed by atoms with Crippen LogP contribution >= 0.6 is 0 Å². The third-order valence-corrected chi connectivity index (χ3v) is 3.14. The van der Waals surface area contributed by atoms with E-state index in [0.29, 0.717) is 11.3 Å². The molecule has 1 aromatic carbocycles. The summed E-state index contributed by atoms with van der Waals surface area (Å²) in [6.07, 6.45) is 1.04. The molecule has 3 N–H and O–H groups in total. The first-order valence-corrected chi connectivity index (χ1v) is 6.72. The van der Waals surface area contributed by atoms with E-state index in [2.05, 4.69) is 5.32 Å². The van der Waals surface area contributed by atoms with Gasteiger partial charge in [-0.05, 0) is 31.0 Å². The van der Waals surface area contributed by atoms with Crippen molar-refractivity contribution in [2.24, 2.45) is 5.73 Å². The van der Waals surface area contributed by atoms with Crippen molar-refractivity contribution in [1.82, 2.24) is 4.90 Å². The molecule has 0 aliphatic carbocycles. The molecule has 0 aliphatic heterocycles. The summed E-state index contributed by atoms with van der Waals surface area (Å²) in [5.74, 6) is -0.220. The maximum atomic E-state index is 11.9. The fourth-order valence-corrected chi connectivity index (χ4v) is 1.73. The lowest BCUT2D eigenvalue weighted by Crippen LogP contribution is -2.26. The lowest BCUT2D eigenvalue weighted by Gasteiger charge is -2.14. The van der Waals surface area contributed by atoms with Crippen LogP contribution in [0.1, 0.15) is 35.7 Å². The van der Waals surface area contributed by atoms with Crippen LogP contribution in [-0.4, -0.2) is 36.9 Å². The van der Waals surface area contributed by atoms with Crippen molar-refractivity contribution in [3.8, 4) is 0 Å². The molecule has 5 nitrogen and oxygen atoms in total. The molecule has 0 saturated heterocycles. The first kappa shape index (κ1) is 16.2. The number of carbonyl (C=O) groups is 2. The van der Waals surface area contributed by atoms with Gasteiger partial charge in [0.05, 0.1) is 0 Å². The van der Waals surface area contributed by atoms with E-state index in [1.165, 1.54) is 4.90 Å². The number of aryl methyl sites for hydroxylation is 1. The zero-order chi connectivity index (χ0) is 15.3. The Morgan fingerprint density at radius 1 is 1.35 bits per heavy atom. The largest absolute Gasteiger partial charge is 0.345 e. The minimum absolute atomic E-state index is 0.0919. The molecule has 0 fully saturated rings. The number of rotatable bonds is 5. The average molecular weight is 277 g/mol. The van der Waals surface area contributed by atoms with Gasteiger partial charge < -0.3 is 16.0 Å². The van der Waals surface area contributed by atoms with E-state index in [-0.39, 0.29) is 24.3 Å². The number of carbonyl (C=O) groups excluding carboxylic acids is 2. The third kappa shape index (κ3) is 4.35. The van der Waals surface area contributed by atoms with Gasteiger partial charge in [-0.25, -0.2) is 0 Å². The number of nitrogens with zero attached hydrogens (tertiary/aromatic N) is 1. The molecule has 20 heavy (non-hydrogen) atoms. The molecule has 1 aromatic rings. The van der Waals surface area contributed by atoms with Crippen LogP contribution in [0.25, 0.3) is 0 Å². The van der Waals surface area contributed by atoms with E-state index >= 15 is 0 Å². The summed E-state index contributed by atoms with van der Waals surface area (Å²) in [5.41, 5.74) is 7.89. The highest BCUT2D eigenvalue weighted by Crippen LogP contribution is 2.18. The molecule has 2 amide bonds. The summed E-state index contributed by atoms with van der Waals surface area (Å²) in [5, 5.41) is 2.82. The topological polar surface area (TPSA) is 75.4 Å². The Morgan fingerprint density at radius 3 is 2.55 bits per heavy atom. The third-order valence-electron chi connectivity index (χ3n) is 3.14. The first-order valence-electron chi connectivity index (χ1n) is 6.72. The Bertz CT molecular complexity index is 498. The van der Waals surface area contributed by atoms with Gasteiger partial charge in [0, 0.05) is 37.8 Å². The van der Waals surface area contributed by atoms with E-state index in [1.54, 1.807) is 26.2 Å². The van der Waals surface area contributed by atoms with Gasteiger partial charge in [0.1, 0.15) is 0 Å². The summed E-state index contributed by atoms with van der Waals surface area (Å²) >= 11 is 0. The van der Waals surface area contributed by atoms with Crippen molar-refractivity contribution < 1.29 is 9.59 Å². The van der Waals surface area contributed by atoms with E-state index in [9.17, 15) is 9.59 Å². The molecule has 0 saturated carbocycles. The van der Waals surface area contributed by atoms with Crippen molar-refractivity contribution >= 4 is 17.5 Å². The van der Waals surface area contributed by atoms with Gasteiger partial charge in [0.15, 0.2) is 0 Å². The predicted octanol–water partition coefficient (Wildman–Crippen LogP) is 1.76. The highest BCUT2D eigenvalue weighted by atomic mass is 16.2. The normalized spacial score (nSPS) is 11.8. The SMILES string of the molecule is CCC(N)CC(=O)Nc1cc(C(=O)N(C)C)ccc1C. The van der Waals surface area contributed by atoms with Gasteiger partial charge in [-0.15, -0.1) is 0 Å². The molecule has 0 radical (unpaired) electrons. The number of hydrogen-bond donors (Lipinski definition) is 2. The van der Waals surface area contributed by atoms with Crippen molar-refractivity contribution in [2.45, 2.75) is 32.7 Å². The zero-order valence-electron chi connectivity index (χ0n) is 12.6. The van der Waals surface area contributed by atoms with Crippen LogP contribution in [-0.2, 0) is 4.79 Å². The molecule has 110 valence electrons. The first-order chi connectivity index (χ1) is 9.35. The number of anilines is 1. The maximum Gasteiger partial charge on any atom is 0.253 e. The van der Waals surface area contributed by atoms with Crippen molar-refractivity contribution in [2.75, 3.05) is 19.4 Å². The summed E-state index contributed by atoms with van der Waals surface area (Å²) < 4.78 is 0. The van der Waals surface area contributed by atoms with Crippen molar-refractivity contribution in [3.63, 3.8) is 0 Å². The molecule has 0 spiro atoms.